The van der Waals surface area contributed by atoms with Crippen LogP contribution in [-0.4, -0.2) is 74.1 Å². The number of carbonyl (C=O) groups is 2. The van der Waals surface area contributed by atoms with E-state index in [0.29, 0.717) is 25.9 Å². The van der Waals surface area contributed by atoms with Crippen LogP contribution in [0.4, 0.5) is 18.0 Å². The van der Waals surface area contributed by atoms with Gasteiger partial charge in [0.05, 0.1) is 10.6 Å². The molecular weight excluding hydrogens is 611 g/mol. The van der Waals surface area contributed by atoms with Crippen molar-refractivity contribution in [1.29, 1.82) is 0 Å². The lowest BCUT2D eigenvalue weighted by atomic mass is 10.0. The number of sulfone groups is 1. The molecule has 0 saturated carbocycles. The zero-order valence-corrected chi connectivity index (χ0v) is 26.3. The second kappa shape index (κ2) is 13.7. The van der Waals surface area contributed by atoms with Crippen LogP contribution in [0, 0.1) is 0 Å². The molecule has 238 valence electrons. The topological polar surface area (TPSA) is 105 Å². The minimum Gasteiger partial charge on any atom is -0.444 e. The van der Waals surface area contributed by atoms with Crippen molar-refractivity contribution in [2.45, 2.75) is 76.5 Å². The molecule has 1 aliphatic heterocycles. The van der Waals surface area contributed by atoms with Crippen molar-refractivity contribution in [2.75, 3.05) is 25.9 Å². The molecular formula is C29H37ClF3N3O6S. The first-order valence-corrected chi connectivity index (χ1v) is 15.8. The van der Waals surface area contributed by atoms with Gasteiger partial charge >= 0.3 is 12.5 Å². The Morgan fingerprint density at radius 2 is 1.81 bits per heavy atom. The van der Waals surface area contributed by atoms with Gasteiger partial charge < -0.3 is 19.7 Å². The quantitative estimate of drug-likeness (QED) is 0.367. The number of benzene rings is 2. The number of nitrogens with one attached hydrogen (secondary N) is 1. The van der Waals surface area contributed by atoms with Crippen LogP contribution in [0.25, 0.3) is 0 Å². The number of halogens is 4. The van der Waals surface area contributed by atoms with Crippen LogP contribution in [0.2, 0.25) is 5.02 Å². The van der Waals surface area contributed by atoms with Gasteiger partial charge in [0.1, 0.15) is 11.4 Å². The van der Waals surface area contributed by atoms with Crippen LogP contribution in [0.5, 0.6) is 5.75 Å². The number of hydrogen-bond acceptors (Lipinski definition) is 7. The Balaban J connectivity index is 1.78. The number of ether oxygens (including phenoxy) is 2. The van der Waals surface area contributed by atoms with Gasteiger partial charge in [-0.05, 0) is 76.1 Å². The lowest BCUT2D eigenvalue weighted by Gasteiger charge is -2.38. The third kappa shape index (κ3) is 10.0. The van der Waals surface area contributed by atoms with Gasteiger partial charge in [-0.1, -0.05) is 24.6 Å². The first-order valence-electron chi connectivity index (χ1n) is 13.7. The van der Waals surface area contributed by atoms with E-state index in [1.165, 1.54) is 42.2 Å². The molecule has 1 N–H and O–H groups in total. The Hall–Kier alpha value is -3.03. The van der Waals surface area contributed by atoms with Crippen LogP contribution < -0.4 is 10.1 Å². The molecule has 9 nitrogen and oxygen atoms in total. The van der Waals surface area contributed by atoms with Crippen LogP contribution in [0.3, 0.4) is 0 Å². The lowest BCUT2D eigenvalue weighted by Crippen LogP contribution is -2.49. The third-order valence-electron chi connectivity index (χ3n) is 6.84. The molecule has 0 spiro atoms. The zero-order valence-electron chi connectivity index (χ0n) is 24.8. The number of nitrogens with zero attached hydrogens (tertiary/aromatic N) is 2. The standard InChI is InChI=1S/C29H37ClF3N3O6S/c1-6-43(39,40)25-12-11-22(30)14-21(25)16-34-26(37)19-9-10-20(24(15-19)41-29(31,32)33)17-36-13-7-8-23(18-36)35(5)27(38)42-28(2,3)4/h9-12,14-15,23H,6-8,13,16-18H2,1-5H3,(H,34,37)/t23-/m0/s1. The SMILES string of the molecule is CCS(=O)(=O)c1ccc(Cl)cc1CNC(=O)c1ccc(CN2CCC[C@H](N(C)C(=O)OC(C)(C)C)C2)c(OC(F)(F)F)c1. The number of hydrogen-bond donors (Lipinski definition) is 1. The fourth-order valence-corrected chi connectivity index (χ4v) is 6.00. The van der Waals surface area contributed by atoms with Gasteiger partial charge in [0, 0.05) is 48.9 Å². The Morgan fingerprint density at radius 1 is 1.12 bits per heavy atom. The van der Waals surface area contributed by atoms with E-state index in [9.17, 15) is 31.2 Å². The fraction of sp³-hybridized carbons (Fsp3) is 0.517. The highest BCUT2D eigenvalue weighted by Gasteiger charge is 2.34. The second-order valence-electron chi connectivity index (χ2n) is 11.3. The number of rotatable bonds is 9. The van der Waals surface area contributed by atoms with Gasteiger partial charge in [0.15, 0.2) is 9.84 Å². The summed E-state index contributed by atoms with van der Waals surface area (Å²) < 4.78 is 74.8. The monoisotopic (exact) mass is 647 g/mol. The van der Waals surface area contributed by atoms with Crippen LogP contribution in [-0.2, 0) is 27.7 Å². The van der Waals surface area contributed by atoms with Gasteiger partial charge in [-0.15, -0.1) is 13.2 Å². The first kappa shape index (κ1) is 34.5. The molecule has 1 atom stereocenters. The number of piperidine rings is 1. The maximum Gasteiger partial charge on any atom is 0.573 e. The van der Waals surface area contributed by atoms with Crippen molar-refractivity contribution in [3.63, 3.8) is 0 Å². The van der Waals surface area contributed by atoms with E-state index in [-0.39, 0.29) is 51.5 Å². The number of carbonyl (C=O) groups excluding carboxylic acids is 2. The van der Waals surface area contributed by atoms with Crippen molar-refractivity contribution in [3.05, 3.63) is 58.1 Å². The van der Waals surface area contributed by atoms with E-state index in [0.717, 1.165) is 6.07 Å². The molecule has 43 heavy (non-hydrogen) atoms. The fourth-order valence-electron chi connectivity index (χ4n) is 4.68. The van der Waals surface area contributed by atoms with Gasteiger partial charge in [-0.3, -0.25) is 9.69 Å². The predicted molar refractivity (Wildman–Crippen MR) is 156 cm³/mol. The van der Waals surface area contributed by atoms with Crippen LogP contribution in [0.15, 0.2) is 41.3 Å². The summed E-state index contributed by atoms with van der Waals surface area (Å²) in [5.41, 5.74) is -0.310. The van der Waals surface area contributed by atoms with E-state index >= 15 is 0 Å². The van der Waals surface area contributed by atoms with E-state index in [2.05, 4.69) is 10.1 Å². The Morgan fingerprint density at radius 3 is 2.44 bits per heavy atom. The summed E-state index contributed by atoms with van der Waals surface area (Å²) >= 11 is 6.03. The molecule has 14 heteroatoms. The predicted octanol–water partition coefficient (Wildman–Crippen LogP) is 5.79. The highest BCUT2D eigenvalue weighted by atomic mass is 35.5. The highest BCUT2D eigenvalue weighted by molar-refractivity contribution is 7.91. The number of alkyl halides is 3. The Labute approximate surface area is 255 Å². The molecule has 2 aromatic carbocycles. The lowest BCUT2D eigenvalue weighted by molar-refractivity contribution is -0.275. The van der Waals surface area contributed by atoms with Gasteiger partial charge in [0.25, 0.3) is 5.91 Å². The zero-order chi connectivity index (χ0) is 32.2. The normalized spacial score (nSPS) is 16.4. The number of likely N-dealkylation sites (tertiary alicyclic amines) is 1. The minimum absolute atomic E-state index is 0.00768. The number of likely N-dealkylation sites (N-methyl/N-ethyl adjacent to an activating group) is 1. The summed E-state index contributed by atoms with van der Waals surface area (Å²) in [5.74, 6) is -1.42. The molecule has 0 radical (unpaired) electrons. The van der Waals surface area contributed by atoms with Crippen molar-refractivity contribution in [2.24, 2.45) is 0 Å². The summed E-state index contributed by atoms with van der Waals surface area (Å²) in [5, 5.41) is 2.82. The van der Waals surface area contributed by atoms with Crippen LogP contribution >= 0.6 is 11.6 Å². The Kier molecular flexibility index (Phi) is 11.0. The Bertz CT molecular complexity index is 1430. The smallest absolute Gasteiger partial charge is 0.444 e. The summed E-state index contributed by atoms with van der Waals surface area (Å²) in [6.07, 6.45) is -4.05. The van der Waals surface area contributed by atoms with Gasteiger partial charge in [-0.25, -0.2) is 13.2 Å². The third-order valence-corrected chi connectivity index (χ3v) is 8.90. The molecule has 2 amide bonds. The summed E-state index contributed by atoms with van der Waals surface area (Å²) in [6.45, 7) is 7.66. The maximum absolute atomic E-state index is 13.4. The molecule has 1 saturated heterocycles. The van der Waals surface area contributed by atoms with Gasteiger partial charge in [-0.2, -0.15) is 0 Å². The summed E-state index contributed by atoms with van der Waals surface area (Å²) in [7, 11) is -1.98. The average Bonchev–Trinajstić information content (AvgIpc) is 2.90. The first-order chi connectivity index (χ1) is 19.9. The van der Waals surface area contributed by atoms with Crippen molar-refractivity contribution in [1.82, 2.24) is 15.1 Å². The maximum atomic E-state index is 13.4. The molecule has 2 aromatic rings. The molecule has 0 aromatic heterocycles. The molecule has 0 unspecified atom stereocenters. The van der Waals surface area contributed by atoms with E-state index < -0.39 is 39.6 Å². The average molecular weight is 648 g/mol. The molecule has 0 bridgehead atoms. The van der Waals surface area contributed by atoms with Gasteiger partial charge in [0.2, 0.25) is 0 Å². The molecule has 1 aliphatic rings. The molecule has 3 rings (SSSR count). The molecule has 1 fully saturated rings. The van der Waals surface area contributed by atoms with Crippen molar-refractivity contribution in [3.8, 4) is 5.75 Å². The van der Waals surface area contributed by atoms with Crippen molar-refractivity contribution >= 4 is 33.4 Å². The van der Waals surface area contributed by atoms with E-state index in [1.807, 2.05) is 4.90 Å². The largest absolute Gasteiger partial charge is 0.573 e. The summed E-state index contributed by atoms with van der Waals surface area (Å²) in [4.78, 5) is 28.9. The van der Waals surface area contributed by atoms with E-state index in [1.54, 1.807) is 27.8 Å². The van der Waals surface area contributed by atoms with E-state index in [4.69, 9.17) is 16.3 Å². The highest BCUT2D eigenvalue weighted by Crippen LogP contribution is 2.30. The molecule has 0 aliphatic carbocycles. The van der Waals surface area contributed by atoms with Crippen LogP contribution in [0.1, 0.15) is 62.0 Å². The summed E-state index contributed by atoms with van der Waals surface area (Å²) in [6, 6.07) is 7.77. The number of amides is 2. The molecule has 1 heterocycles. The van der Waals surface area contributed by atoms with Crippen molar-refractivity contribution < 1.29 is 40.7 Å². The minimum atomic E-state index is -5.00. The second-order valence-corrected chi connectivity index (χ2v) is 14.0.